The van der Waals surface area contributed by atoms with E-state index in [9.17, 15) is 4.79 Å². The molecule has 0 radical (unpaired) electrons. The molecule has 16 heavy (non-hydrogen) atoms. The first-order valence-corrected chi connectivity index (χ1v) is 7.62. The number of carbonyl (C=O) groups excluding carboxylic acids is 1. The minimum atomic E-state index is 0.210. The van der Waals surface area contributed by atoms with E-state index in [1.807, 2.05) is 11.8 Å². The maximum atomic E-state index is 12.0. The summed E-state index contributed by atoms with van der Waals surface area (Å²) in [7, 11) is 0. The average Bonchev–Trinajstić information content (AvgIpc) is 2.78. The van der Waals surface area contributed by atoms with Crippen molar-refractivity contribution >= 4 is 17.7 Å². The molecule has 0 bridgehead atoms. The van der Waals surface area contributed by atoms with Gasteiger partial charge in [0.2, 0.25) is 5.91 Å². The third kappa shape index (κ3) is 3.14. The van der Waals surface area contributed by atoms with E-state index in [1.54, 1.807) is 0 Å². The molecule has 3 nitrogen and oxygen atoms in total. The highest BCUT2D eigenvalue weighted by atomic mass is 32.2. The lowest BCUT2D eigenvalue weighted by atomic mass is 9.98. The minimum absolute atomic E-state index is 0.210. The minimum Gasteiger partial charge on any atom is -0.353 e. The number of carbonyl (C=O) groups is 1. The smallest absolute Gasteiger partial charge is 0.224 e. The molecule has 2 fully saturated rings. The van der Waals surface area contributed by atoms with E-state index in [0.717, 1.165) is 44.0 Å². The second kappa shape index (κ2) is 5.92. The lowest BCUT2D eigenvalue weighted by molar-refractivity contribution is -0.126. The summed E-state index contributed by atoms with van der Waals surface area (Å²) in [6.45, 7) is 1.94. The number of hydrogen-bond donors (Lipinski definition) is 2. The van der Waals surface area contributed by atoms with Crippen molar-refractivity contribution in [3.05, 3.63) is 0 Å². The molecule has 2 aliphatic rings. The van der Waals surface area contributed by atoms with Crippen molar-refractivity contribution in [2.24, 2.45) is 5.92 Å². The molecule has 2 unspecified atom stereocenters. The Kier molecular flexibility index (Phi) is 4.53. The molecule has 1 saturated carbocycles. The second-order valence-electron chi connectivity index (χ2n) is 4.92. The van der Waals surface area contributed by atoms with Crippen molar-refractivity contribution in [1.29, 1.82) is 0 Å². The van der Waals surface area contributed by atoms with Gasteiger partial charge in [-0.15, -0.1) is 0 Å². The Balaban J connectivity index is 1.74. The van der Waals surface area contributed by atoms with Gasteiger partial charge in [0.15, 0.2) is 0 Å². The molecule has 1 amide bonds. The Hall–Kier alpha value is -0.220. The predicted octanol–water partition coefficient (Wildman–Crippen LogP) is 1.39. The van der Waals surface area contributed by atoms with E-state index in [-0.39, 0.29) is 11.8 Å². The molecule has 2 rings (SSSR count). The van der Waals surface area contributed by atoms with Gasteiger partial charge in [-0.2, -0.15) is 11.8 Å². The lowest BCUT2D eigenvalue weighted by Gasteiger charge is -2.23. The van der Waals surface area contributed by atoms with E-state index >= 15 is 0 Å². The molecule has 2 N–H and O–H groups in total. The maximum Gasteiger partial charge on any atom is 0.224 e. The van der Waals surface area contributed by atoms with Crippen LogP contribution >= 0.6 is 11.8 Å². The molecule has 1 saturated heterocycles. The third-order valence-corrected chi connectivity index (χ3v) is 4.83. The zero-order valence-corrected chi connectivity index (χ0v) is 10.8. The van der Waals surface area contributed by atoms with Crippen LogP contribution in [0.15, 0.2) is 0 Å². The highest BCUT2D eigenvalue weighted by Gasteiger charge is 2.28. The molecule has 1 heterocycles. The van der Waals surface area contributed by atoms with Gasteiger partial charge in [0, 0.05) is 17.8 Å². The van der Waals surface area contributed by atoms with Crippen molar-refractivity contribution in [1.82, 2.24) is 10.6 Å². The van der Waals surface area contributed by atoms with E-state index in [1.165, 1.54) is 6.42 Å². The normalized spacial score (nSPS) is 34.9. The fraction of sp³-hybridized carbons (Fsp3) is 0.917. The van der Waals surface area contributed by atoms with Crippen LogP contribution < -0.4 is 10.6 Å². The van der Waals surface area contributed by atoms with E-state index in [4.69, 9.17) is 0 Å². The molecule has 0 aromatic heterocycles. The summed E-state index contributed by atoms with van der Waals surface area (Å²) in [5.74, 6) is 0.487. The summed E-state index contributed by atoms with van der Waals surface area (Å²) in [5, 5.41) is 7.28. The van der Waals surface area contributed by atoms with E-state index in [2.05, 4.69) is 16.9 Å². The average molecular weight is 242 g/mol. The first-order chi connectivity index (χ1) is 7.79. The molecule has 92 valence electrons. The second-order valence-corrected chi connectivity index (χ2v) is 6.06. The molecule has 0 spiro atoms. The number of nitrogens with one attached hydrogen (secondary N) is 2. The molecule has 4 heteroatoms. The van der Waals surface area contributed by atoms with Gasteiger partial charge in [0.25, 0.3) is 0 Å². The molecule has 0 aromatic carbocycles. The van der Waals surface area contributed by atoms with Crippen LogP contribution in [0.25, 0.3) is 0 Å². The van der Waals surface area contributed by atoms with Crippen molar-refractivity contribution in [3.63, 3.8) is 0 Å². The van der Waals surface area contributed by atoms with Crippen molar-refractivity contribution in [3.8, 4) is 0 Å². The fourth-order valence-electron chi connectivity index (χ4n) is 2.68. The quantitative estimate of drug-likeness (QED) is 0.786. The Bertz CT molecular complexity index is 241. The Morgan fingerprint density at radius 2 is 2.25 bits per heavy atom. The molecule has 1 aliphatic carbocycles. The summed E-state index contributed by atoms with van der Waals surface area (Å²) in [6.07, 6.45) is 7.94. The summed E-state index contributed by atoms with van der Waals surface area (Å²) in [4.78, 5) is 12.0. The number of piperidine rings is 1. The van der Waals surface area contributed by atoms with Crippen molar-refractivity contribution in [2.75, 3.05) is 19.3 Å². The standard InChI is InChI=1S/C12H22N2OS/c1-16-11-5-4-10(7-11)14-12(15)9-3-2-6-13-8-9/h9-11,13H,2-8H2,1H3,(H,14,15)/t9-,10?,11?/m1/s1. The van der Waals surface area contributed by atoms with Crippen LogP contribution in [0.5, 0.6) is 0 Å². The van der Waals surface area contributed by atoms with Gasteiger partial charge in [-0.3, -0.25) is 4.79 Å². The van der Waals surface area contributed by atoms with Gasteiger partial charge in [0.05, 0.1) is 5.92 Å². The van der Waals surface area contributed by atoms with Gasteiger partial charge in [-0.05, 0) is 44.9 Å². The van der Waals surface area contributed by atoms with Crippen LogP contribution in [0.4, 0.5) is 0 Å². The Morgan fingerprint density at radius 1 is 1.38 bits per heavy atom. The van der Waals surface area contributed by atoms with Crippen LogP contribution in [0.1, 0.15) is 32.1 Å². The third-order valence-electron chi connectivity index (χ3n) is 3.73. The summed E-state index contributed by atoms with van der Waals surface area (Å²) in [5.41, 5.74) is 0. The zero-order chi connectivity index (χ0) is 11.4. The lowest BCUT2D eigenvalue weighted by Crippen LogP contribution is -2.43. The zero-order valence-electron chi connectivity index (χ0n) is 10.00. The maximum absolute atomic E-state index is 12.0. The molecular weight excluding hydrogens is 220 g/mol. The van der Waals surface area contributed by atoms with Gasteiger partial charge in [-0.25, -0.2) is 0 Å². The number of thioether (sulfide) groups is 1. The summed E-state index contributed by atoms with van der Waals surface area (Å²) >= 11 is 1.94. The van der Waals surface area contributed by atoms with Gasteiger partial charge >= 0.3 is 0 Å². The van der Waals surface area contributed by atoms with Gasteiger partial charge < -0.3 is 10.6 Å². The Morgan fingerprint density at radius 3 is 2.88 bits per heavy atom. The van der Waals surface area contributed by atoms with Gasteiger partial charge in [0.1, 0.15) is 0 Å². The van der Waals surface area contributed by atoms with Crippen molar-refractivity contribution in [2.45, 2.75) is 43.4 Å². The Labute approximate surface area is 102 Å². The van der Waals surface area contributed by atoms with Gasteiger partial charge in [-0.1, -0.05) is 0 Å². The summed E-state index contributed by atoms with van der Waals surface area (Å²) in [6, 6.07) is 0.437. The van der Waals surface area contributed by atoms with E-state index in [0.29, 0.717) is 6.04 Å². The predicted molar refractivity (Wildman–Crippen MR) is 68.7 cm³/mol. The summed E-state index contributed by atoms with van der Waals surface area (Å²) < 4.78 is 0. The SMILES string of the molecule is CSC1CCC(NC(=O)[C@@H]2CCCNC2)C1. The number of rotatable bonds is 3. The highest BCUT2D eigenvalue weighted by molar-refractivity contribution is 7.99. The molecule has 1 aliphatic heterocycles. The first-order valence-electron chi connectivity index (χ1n) is 6.33. The van der Waals surface area contributed by atoms with Crippen LogP contribution in [0, 0.1) is 5.92 Å². The largest absolute Gasteiger partial charge is 0.353 e. The molecule has 3 atom stereocenters. The highest BCUT2D eigenvalue weighted by Crippen LogP contribution is 2.28. The van der Waals surface area contributed by atoms with Crippen LogP contribution in [-0.2, 0) is 4.79 Å². The molecule has 0 aromatic rings. The number of hydrogen-bond acceptors (Lipinski definition) is 3. The fourth-order valence-corrected chi connectivity index (χ4v) is 3.48. The monoisotopic (exact) mass is 242 g/mol. The van der Waals surface area contributed by atoms with Crippen LogP contribution in [-0.4, -0.2) is 36.5 Å². The molecular formula is C12H22N2OS. The number of amides is 1. The van der Waals surface area contributed by atoms with Crippen LogP contribution in [0.3, 0.4) is 0 Å². The first kappa shape index (κ1) is 12.2. The van der Waals surface area contributed by atoms with Crippen molar-refractivity contribution < 1.29 is 4.79 Å². The van der Waals surface area contributed by atoms with Crippen LogP contribution in [0.2, 0.25) is 0 Å². The van der Waals surface area contributed by atoms with E-state index < -0.39 is 0 Å². The topological polar surface area (TPSA) is 41.1 Å².